The molecule has 5 heteroatoms. The number of hydrogen-bond donors (Lipinski definition) is 3. The van der Waals surface area contributed by atoms with E-state index in [0.29, 0.717) is 11.4 Å². The molecule has 72 valence electrons. The van der Waals surface area contributed by atoms with Crippen LogP contribution in [0.3, 0.4) is 0 Å². The lowest BCUT2D eigenvalue weighted by molar-refractivity contribution is -0.117. The third kappa shape index (κ3) is 1.39. The van der Waals surface area contributed by atoms with E-state index in [1.165, 1.54) is 12.1 Å². The van der Waals surface area contributed by atoms with Crippen molar-refractivity contribution in [2.45, 2.75) is 0 Å². The van der Waals surface area contributed by atoms with Crippen LogP contribution in [0.15, 0.2) is 23.2 Å². The summed E-state index contributed by atoms with van der Waals surface area (Å²) in [4.78, 5) is 14.8. The topological polar surface area (TPSA) is 81.9 Å². The summed E-state index contributed by atoms with van der Waals surface area (Å²) in [7, 11) is 0. The monoisotopic (exact) mass is 192 g/mol. The number of carbonyl (C=O) groups is 1. The molecule has 1 heterocycles. The first-order valence-corrected chi connectivity index (χ1v) is 4.03. The average molecular weight is 192 g/mol. The van der Waals surface area contributed by atoms with Crippen molar-refractivity contribution in [1.82, 2.24) is 5.32 Å². The highest BCUT2D eigenvalue weighted by molar-refractivity contribution is 6.12. The van der Waals surface area contributed by atoms with E-state index in [1.54, 1.807) is 6.07 Å². The molecule has 0 atom stereocenters. The number of aliphatic imine (C=N–C) groups is 1. The number of amides is 1. The van der Waals surface area contributed by atoms with E-state index in [-0.39, 0.29) is 24.0 Å². The van der Waals surface area contributed by atoms with Gasteiger partial charge in [0.2, 0.25) is 5.91 Å². The number of hydrogen-bond acceptors (Lipinski definition) is 4. The van der Waals surface area contributed by atoms with Gasteiger partial charge in [0, 0.05) is 5.56 Å². The van der Waals surface area contributed by atoms with Gasteiger partial charge in [-0.2, -0.15) is 0 Å². The van der Waals surface area contributed by atoms with E-state index in [2.05, 4.69) is 10.3 Å². The first-order chi connectivity index (χ1) is 6.66. The molecule has 0 unspecified atom stereocenters. The molecule has 0 bridgehead atoms. The normalized spacial score (nSPS) is 15.1. The van der Waals surface area contributed by atoms with Gasteiger partial charge >= 0.3 is 0 Å². The summed E-state index contributed by atoms with van der Waals surface area (Å²) in [5, 5.41) is 20.8. The summed E-state index contributed by atoms with van der Waals surface area (Å²) in [5.74, 6) is -0.178. The highest BCUT2D eigenvalue weighted by atomic mass is 16.3. The van der Waals surface area contributed by atoms with E-state index in [1.807, 2.05) is 0 Å². The molecule has 2 rings (SSSR count). The zero-order chi connectivity index (χ0) is 10.1. The zero-order valence-electron chi connectivity index (χ0n) is 7.19. The maximum atomic E-state index is 10.8. The van der Waals surface area contributed by atoms with Gasteiger partial charge in [0.05, 0.1) is 0 Å². The van der Waals surface area contributed by atoms with E-state index >= 15 is 0 Å². The molecular weight excluding hydrogens is 184 g/mol. The fraction of sp³-hybridized carbons (Fsp3) is 0.111. The number of benzene rings is 1. The average Bonchev–Trinajstić information content (AvgIpc) is 2.57. The molecule has 0 aliphatic carbocycles. The molecule has 0 radical (unpaired) electrons. The van der Waals surface area contributed by atoms with E-state index < -0.39 is 0 Å². The van der Waals surface area contributed by atoms with Crippen LogP contribution >= 0.6 is 0 Å². The number of aromatic hydroxyl groups is 2. The van der Waals surface area contributed by atoms with Gasteiger partial charge in [0.25, 0.3) is 0 Å². The van der Waals surface area contributed by atoms with Crippen molar-refractivity contribution in [2.24, 2.45) is 4.99 Å². The van der Waals surface area contributed by atoms with Crippen molar-refractivity contribution in [2.75, 3.05) is 6.54 Å². The molecule has 0 saturated heterocycles. The molecule has 0 aromatic heterocycles. The van der Waals surface area contributed by atoms with Crippen LogP contribution in [0.2, 0.25) is 0 Å². The van der Waals surface area contributed by atoms with Crippen LogP contribution < -0.4 is 5.32 Å². The van der Waals surface area contributed by atoms with Crippen LogP contribution in [0.4, 0.5) is 0 Å². The highest BCUT2D eigenvalue weighted by Crippen LogP contribution is 2.25. The van der Waals surface area contributed by atoms with E-state index in [4.69, 9.17) is 5.11 Å². The fourth-order valence-electron chi connectivity index (χ4n) is 1.20. The molecule has 5 nitrogen and oxygen atoms in total. The first-order valence-electron chi connectivity index (χ1n) is 4.03. The second-order valence-corrected chi connectivity index (χ2v) is 2.92. The molecule has 1 aliphatic rings. The van der Waals surface area contributed by atoms with E-state index in [0.717, 1.165) is 0 Å². The third-order valence-corrected chi connectivity index (χ3v) is 1.89. The second kappa shape index (κ2) is 3.02. The van der Waals surface area contributed by atoms with Gasteiger partial charge in [-0.1, -0.05) is 0 Å². The van der Waals surface area contributed by atoms with Gasteiger partial charge in [-0.05, 0) is 18.2 Å². The van der Waals surface area contributed by atoms with Crippen molar-refractivity contribution in [3.05, 3.63) is 23.8 Å². The van der Waals surface area contributed by atoms with Crippen molar-refractivity contribution < 1.29 is 15.0 Å². The minimum Gasteiger partial charge on any atom is -0.504 e. The first kappa shape index (κ1) is 8.55. The van der Waals surface area contributed by atoms with Crippen LogP contribution in [-0.4, -0.2) is 28.5 Å². The van der Waals surface area contributed by atoms with Crippen LogP contribution in [-0.2, 0) is 4.79 Å². The molecule has 14 heavy (non-hydrogen) atoms. The SMILES string of the molecule is O=C1CN=C(c2ccc(O)c(O)c2)N1. The van der Waals surface area contributed by atoms with Crippen molar-refractivity contribution >= 4 is 11.7 Å². The maximum Gasteiger partial charge on any atom is 0.247 e. The Morgan fingerprint density at radius 3 is 2.64 bits per heavy atom. The van der Waals surface area contributed by atoms with Gasteiger partial charge in [-0.25, -0.2) is 0 Å². The van der Waals surface area contributed by atoms with Gasteiger partial charge in [-0.3, -0.25) is 9.79 Å². The maximum absolute atomic E-state index is 10.8. The Bertz CT molecular complexity index is 426. The summed E-state index contributed by atoms with van der Waals surface area (Å²) in [6.45, 7) is 0.108. The predicted molar refractivity (Wildman–Crippen MR) is 49.3 cm³/mol. The molecule has 3 N–H and O–H groups in total. The number of nitrogens with one attached hydrogen (secondary N) is 1. The smallest absolute Gasteiger partial charge is 0.247 e. The van der Waals surface area contributed by atoms with Crippen LogP contribution in [0, 0.1) is 0 Å². The Balaban J connectivity index is 2.34. The number of carbonyl (C=O) groups excluding carboxylic acids is 1. The molecular formula is C9H8N2O3. The zero-order valence-corrected chi connectivity index (χ0v) is 7.19. The minimum atomic E-state index is -0.230. The Hall–Kier alpha value is -2.04. The molecule has 1 aliphatic heterocycles. The predicted octanol–water partition coefficient (Wildman–Crippen LogP) is -0.0258. The van der Waals surface area contributed by atoms with Crippen LogP contribution in [0.5, 0.6) is 11.5 Å². The lowest BCUT2D eigenvalue weighted by Crippen LogP contribution is -2.25. The third-order valence-electron chi connectivity index (χ3n) is 1.89. The number of amidine groups is 1. The van der Waals surface area contributed by atoms with E-state index in [9.17, 15) is 9.90 Å². The van der Waals surface area contributed by atoms with Crippen molar-refractivity contribution in [1.29, 1.82) is 0 Å². The number of phenolic OH excluding ortho intramolecular Hbond substituents is 2. The van der Waals surface area contributed by atoms with Crippen molar-refractivity contribution in [3.63, 3.8) is 0 Å². The molecule has 1 aromatic rings. The second-order valence-electron chi connectivity index (χ2n) is 2.92. The highest BCUT2D eigenvalue weighted by Gasteiger charge is 2.15. The Kier molecular flexibility index (Phi) is 1.85. The van der Waals surface area contributed by atoms with Crippen molar-refractivity contribution in [3.8, 4) is 11.5 Å². The van der Waals surface area contributed by atoms with Gasteiger partial charge in [0.15, 0.2) is 11.5 Å². The summed E-state index contributed by atoms with van der Waals surface area (Å²) < 4.78 is 0. The molecule has 0 spiro atoms. The van der Waals surface area contributed by atoms with Gasteiger partial charge in [0.1, 0.15) is 12.4 Å². The quantitative estimate of drug-likeness (QED) is 0.546. The molecule has 0 saturated carbocycles. The summed E-state index contributed by atoms with van der Waals surface area (Å²) in [6, 6.07) is 4.26. The molecule has 0 fully saturated rings. The summed E-state index contributed by atoms with van der Waals surface area (Å²) >= 11 is 0. The number of nitrogens with zero attached hydrogens (tertiary/aromatic N) is 1. The Labute approximate surface area is 79.7 Å². The summed E-state index contributed by atoms with van der Waals surface area (Å²) in [5.41, 5.74) is 0.575. The lowest BCUT2D eigenvalue weighted by Gasteiger charge is -2.02. The number of phenols is 2. The van der Waals surface area contributed by atoms with Crippen LogP contribution in [0.25, 0.3) is 0 Å². The largest absolute Gasteiger partial charge is 0.504 e. The Morgan fingerprint density at radius 2 is 2.07 bits per heavy atom. The molecule has 1 amide bonds. The lowest BCUT2D eigenvalue weighted by atomic mass is 10.2. The van der Waals surface area contributed by atoms with Gasteiger partial charge < -0.3 is 15.5 Å². The standard InChI is InChI=1S/C9H8N2O3/c12-6-2-1-5(3-7(6)13)9-10-4-8(14)11-9/h1-3,12-13H,4H2,(H,10,11,14). The Morgan fingerprint density at radius 1 is 1.29 bits per heavy atom. The minimum absolute atomic E-state index is 0.108. The fourth-order valence-corrected chi connectivity index (χ4v) is 1.20. The molecule has 1 aromatic carbocycles. The number of rotatable bonds is 1. The van der Waals surface area contributed by atoms with Gasteiger partial charge in [-0.15, -0.1) is 0 Å². The summed E-state index contributed by atoms with van der Waals surface area (Å²) in [6.07, 6.45) is 0. The van der Waals surface area contributed by atoms with Crippen LogP contribution in [0.1, 0.15) is 5.56 Å².